The summed E-state index contributed by atoms with van der Waals surface area (Å²) in [6, 6.07) is 7.42. The Balaban J connectivity index is 2.30. The van der Waals surface area contributed by atoms with E-state index in [1.165, 1.54) is 0 Å². The molecule has 0 fully saturated rings. The van der Waals surface area contributed by atoms with Gasteiger partial charge >= 0.3 is 0 Å². The third-order valence-electron chi connectivity index (χ3n) is 2.05. The van der Waals surface area contributed by atoms with Crippen LogP contribution in [0.3, 0.4) is 0 Å². The third-order valence-corrected chi connectivity index (χ3v) is 2.28. The lowest BCUT2D eigenvalue weighted by atomic mass is 10.1. The van der Waals surface area contributed by atoms with Crippen LogP contribution in [-0.4, -0.2) is 12.0 Å². The third kappa shape index (κ3) is 1.75. The summed E-state index contributed by atoms with van der Waals surface area (Å²) < 4.78 is 0. The number of carbonyl (C=O) groups excluding carboxylic acids is 1. The second kappa shape index (κ2) is 3.76. The number of benzene rings is 1. The molecular formula is C11H8ClNO. The molecule has 1 aliphatic heterocycles. The van der Waals surface area contributed by atoms with Gasteiger partial charge in [-0.2, -0.15) is 0 Å². The summed E-state index contributed by atoms with van der Waals surface area (Å²) in [6.45, 7) is 0. The zero-order valence-corrected chi connectivity index (χ0v) is 8.11. The molecule has 3 heteroatoms. The Bertz CT molecular complexity index is 423. The van der Waals surface area contributed by atoms with Crippen LogP contribution in [0.2, 0.25) is 5.02 Å². The van der Waals surface area contributed by atoms with Gasteiger partial charge in [-0.25, -0.2) is 0 Å². The van der Waals surface area contributed by atoms with E-state index in [0.29, 0.717) is 10.7 Å². The fraction of sp³-hybridized carbons (Fsp3) is 0.0909. The van der Waals surface area contributed by atoms with Gasteiger partial charge in [-0.1, -0.05) is 29.8 Å². The van der Waals surface area contributed by atoms with Gasteiger partial charge in [0, 0.05) is 5.02 Å². The van der Waals surface area contributed by atoms with Gasteiger partial charge in [0.1, 0.15) is 0 Å². The lowest BCUT2D eigenvalue weighted by Gasteiger charge is -2.04. The van der Waals surface area contributed by atoms with Crippen molar-refractivity contribution in [3.63, 3.8) is 0 Å². The van der Waals surface area contributed by atoms with Crippen molar-refractivity contribution in [1.82, 2.24) is 0 Å². The summed E-state index contributed by atoms with van der Waals surface area (Å²) in [5.41, 5.74) is 1.49. The van der Waals surface area contributed by atoms with E-state index in [-0.39, 0.29) is 6.04 Å². The smallest absolute Gasteiger partial charge is 0.167 e. The second-order valence-corrected chi connectivity index (χ2v) is 3.47. The average molecular weight is 206 g/mol. The van der Waals surface area contributed by atoms with Crippen molar-refractivity contribution in [2.45, 2.75) is 6.04 Å². The molecule has 0 N–H and O–H groups in total. The van der Waals surface area contributed by atoms with E-state index in [4.69, 9.17) is 11.6 Å². The molecule has 0 unspecified atom stereocenters. The van der Waals surface area contributed by atoms with E-state index in [1.54, 1.807) is 6.08 Å². The van der Waals surface area contributed by atoms with Crippen LogP contribution in [0.1, 0.15) is 11.6 Å². The molecule has 2 rings (SSSR count). The topological polar surface area (TPSA) is 29.4 Å². The average Bonchev–Trinajstić information content (AvgIpc) is 2.66. The maximum absolute atomic E-state index is 10.4. The van der Waals surface area contributed by atoms with Gasteiger partial charge in [-0.3, -0.25) is 9.79 Å². The molecule has 2 nitrogen and oxygen atoms in total. The zero-order valence-electron chi connectivity index (χ0n) is 7.35. The van der Waals surface area contributed by atoms with Crippen molar-refractivity contribution in [2.24, 2.45) is 4.99 Å². The highest BCUT2D eigenvalue weighted by atomic mass is 35.5. The predicted molar refractivity (Wildman–Crippen MR) is 56.8 cm³/mol. The van der Waals surface area contributed by atoms with Gasteiger partial charge in [0.2, 0.25) is 0 Å². The molecular weight excluding hydrogens is 198 g/mol. The molecule has 1 aliphatic rings. The number of aliphatic imine (C=N–C) groups is 1. The molecule has 0 saturated carbocycles. The molecule has 0 amide bonds. The fourth-order valence-corrected chi connectivity index (χ4v) is 1.58. The van der Waals surface area contributed by atoms with Gasteiger partial charge in [-0.15, -0.1) is 0 Å². The number of rotatable bonds is 2. The molecule has 14 heavy (non-hydrogen) atoms. The number of aldehydes is 1. The minimum absolute atomic E-state index is 0.0612. The van der Waals surface area contributed by atoms with Crippen molar-refractivity contribution in [2.75, 3.05) is 0 Å². The van der Waals surface area contributed by atoms with Crippen LogP contribution in [-0.2, 0) is 4.79 Å². The Morgan fingerprint density at radius 1 is 1.43 bits per heavy atom. The van der Waals surface area contributed by atoms with Crippen molar-refractivity contribution >= 4 is 23.6 Å². The standard InChI is InChI=1S/C11H8ClNO/c12-9-3-1-2-8(6-9)11-5-4-10(7-14)13-11/h1-7,11H/t11-/m1/s1. The first-order valence-electron chi connectivity index (χ1n) is 4.26. The minimum atomic E-state index is -0.0612. The van der Waals surface area contributed by atoms with Crippen molar-refractivity contribution in [3.8, 4) is 0 Å². The Labute approximate surface area is 86.9 Å². The monoisotopic (exact) mass is 205 g/mol. The van der Waals surface area contributed by atoms with E-state index >= 15 is 0 Å². The summed E-state index contributed by atoms with van der Waals surface area (Å²) in [6.07, 6.45) is 4.36. The van der Waals surface area contributed by atoms with E-state index in [0.717, 1.165) is 11.8 Å². The number of allylic oxidation sites excluding steroid dienone is 1. The largest absolute Gasteiger partial charge is 0.296 e. The minimum Gasteiger partial charge on any atom is -0.296 e. The molecule has 70 valence electrons. The lowest BCUT2D eigenvalue weighted by Crippen LogP contribution is -1.92. The van der Waals surface area contributed by atoms with Crippen LogP contribution in [0, 0.1) is 0 Å². The molecule has 0 spiro atoms. The van der Waals surface area contributed by atoms with Crippen LogP contribution in [0.5, 0.6) is 0 Å². The molecule has 1 heterocycles. The lowest BCUT2D eigenvalue weighted by molar-refractivity contribution is -0.102. The first-order valence-corrected chi connectivity index (χ1v) is 4.64. The summed E-state index contributed by atoms with van der Waals surface area (Å²) >= 11 is 5.85. The summed E-state index contributed by atoms with van der Waals surface area (Å²) in [7, 11) is 0. The van der Waals surface area contributed by atoms with Crippen LogP contribution in [0.25, 0.3) is 0 Å². The quantitative estimate of drug-likeness (QED) is 0.683. The Morgan fingerprint density at radius 2 is 2.29 bits per heavy atom. The molecule has 0 radical (unpaired) electrons. The molecule has 0 bridgehead atoms. The number of halogens is 1. The molecule has 0 aromatic heterocycles. The summed E-state index contributed by atoms with van der Waals surface area (Å²) in [4.78, 5) is 14.6. The van der Waals surface area contributed by atoms with Crippen LogP contribution in [0.15, 0.2) is 41.4 Å². The fourth-order valence-electron chi connectivity index (χ4n) is 1.38. The van der Waals surface area contributed by atoms with E-state index in [1.807, 2.05) is 30.3 Å². The number of carbonyl (C=O) groups is 1. The van der Waals surface area contributed by atoms with Gasteiger partial charge in [0.15, 0.2) is 6.29 Å². The normalized spacial score (nSPS) is 19.5. The van der Waals surface area contributed by atoms with Crippen LogP contribution < -0.4 is 0 Å². The van der Waals surface area contributed by atoms with Gasteiger partial charge < -0.3 is 0 Å². The molecule has 1 atom stereocenters. The first kappa shape index (κ1) is 9.16. The number of hydrogen-bond donors (Lipinski definition) is 0. The zero-order chi connectivity index (χ0) is 9.97. The van der Waals surface area contributed by atoms with Crippen LogP contribution >= 0.6 is 11.6 Å². The molecule has 0 saturated heterocycles. The predicted octanol–water partition coefficient (Wildman–Crippen LogP) is 2.59. The van der Waals surface area contributed by atoms with E-state index < -0.39 is 0 Å². The first-order chi connectivity index (χ1) is 6.79. The van der Waals surface area contributed by atoms with Gasteiger partial charge in [0.05, 0.1) is 11.8 Å². The summed E-state index contributed by atoms with van der Waals surface area (Å²) in [5, 5.41) is 0.686. The van der Waals surface area contributed by atoms with Crippen molar-refractivity contribution in [1.29, 1.82) is 0 Å². The Morgan fingerprint density at radius 3 is 2.93 bits per heavy atom. The highest BCUT2D eigenvalue weighted by Crippen LogP contribution is 2.25. The second-order valence-electron chi connectivity index (χ2n) is 3.03. The Kier molecular flexibility index (Phi) is 2.46. The molecule has 0 aliphatic carbocycles. The maximum atomic E-state index is 10.4. The number of nitrogens with zero attached hydrogens (tertiary/aromatic N) is 1. The highest BCUT2D eigenvalue weighted by molar-refractivity contribution is 6.34. The maximum Gasteiger partial charge on any atom is 0.167 e. The SMILES string of the molecule is O=CC1=N[C@@H](c2cccc(Cl)c2)C=C1. The van der Waals surface area contributed by atoms with Crippen molar-refractivity contribution < 1.29 is 4.79 Å². The highest BCUT2D eigenvalue weighted by Gasteiger charge is 2.12. The molecule has 1 aromatic rings. The molecule has 1 aromatic carbocycles. The Hall–Kier alpha value is -1.41. The van der Waals surface area contributed by atoms with Gasteiger partial charge in [0.25, 0.3) is 0 Å². The van der Waals surface area contributed by atoms with E-state index in [2.05, 4.69) is 4.99 Å². The van der Waals surface area contributed by atoms with Crippen LogP contribution in [0.4, 0.5) is 0 Å². The van der Waals surface area contributed by atoms with Gasteiger partial charge in [-0.05, 0) is 23.8 Å². The summed E-state index contributed by atoms with van der Waals surface area (Å²) in [5.74, 6) is 0. The van der Waals surface area contributed by atoms with Crippen molar-refractivity contribution in [3.05, 3.63) is 47.0 Å². The van der Waals surface area contributed by atoms with E-state index in [9.17, 15) is 4.79 Å². The number of hydrogen-bond acceptors (Lipinski definition) is 2.